The van der Waals surface area contributed by atoms with Crippen molar-refractivity contribution in [3.63, 3.8) is 0 Å². The predicted molar refractivity (Wildman–Crippen MR) is 478 cm³/mol. The van der Waals surface area contributed by atoms with Gasteiger partial charge in [0.1, 0.15) is 19.0 Å². The van der Waals surface area contributed by atoms with Gasteiger partial charge in [-0.25, -0.2) is 9.24 Å². The zero-order chi connectivity index (χ0) is 85.1. The van der Waals surface area contributed by atoms with E-state index in [9.17, 15) is 19.3 Å². The Morgan fingerprint density at radius 3 is 0.991 bits per heavy atom. The van der Waals surface area contributed by atoms with E-state index in [1.807, 2.05) is 67.6 Å². The first kappa shape index (κ1) is 98.1. The number of benzene rings is 9. The van der Waals surface area contributed by atoms with Crippen molar-refractivity contribution in [1.29, 1.82) is 0 Å². The van der Waals surface area contributed by atoms with Gasteiger partial charge >= 0.3 is 0 Å². The number of rotatable bonds is 3. The predicted octanol–water partition coefficient (Wildman–Crippen LogP) is 29.9. The molecule has 0 fully saturated rings. The van der Waals surface area contributed by atoms with Gasteiger partial charge in [0.05, 0.1) is 11.5 Å². The van der Waals surface area contributed by atoms with Crippen molar-refractivity contribution in [1.82, 2.24) is 0 Å². The van der Waals surface area contributed by atoms with Gasteiger partial charge in [-0.2, -0.15) is 0 Å². The van der Waals surface area contributed by atoms with Gasteiger partial charge in [0.15, 0.2) is 23.0 Å². The molecular weight excluding hydrogens is 1360 g/mol. The topological polar surface area (TPSA) is 83.0 Å². The van der Waals surface area contributed by atoms with Gasteiger partial charge < -0.3 is 9.47 Å². The third-order valence-electron chi connectivity index (χ3n) is 18.4. The molecule has 0 radical (unpaired) electrons. The molecule has 0 saturated carbocycles. The maximum absolute atomic E-state index is 12.7. The molecule has 9 aromatic carbocycles. The number of fused-ring (bicyclic) bond motifs is 1. The molecule has 0 bridgehead atoms. The Labute approximate surface area is 675 Å². The second-order valence-electron chi connectivity index (χ2n) is 39.7. The van der Waals surface area contributed by atoms with Gasteiger partial charge in [-0.3, -0.25) is 14.9 Å². The lowest BCUT2D eigenvalue weighted by atomic mass is 9.82. The summed E-state index contributed by atoms with van der Waals surface area (Å²) < 4.78 is 23.7. The Kier molecular flexibility index (Phi) is 37.2. The summed E-state index contributed by atoms with van der Waals surface area (Å²) in [5.74, 6) is 1.72. The maximum Gasteiger partial charge on any atom is 0.269 e. The second-order valence-corrected chi connectivity index (χ2v) is 39.7. The van der Waals surface area contributed by atoms with E-state index in [2.05, 4.69) is 342 Å². The number of carbonyl (C=O) groups is 1. The van der Waals surface area contributed by atoms with Crippen molar-refractivity contribution in [2.75, 3.05) is 13.2 Å². The van der Waals surface area contributed by atoms with Crippen molar-refractivity contribution in [2.45, 2.75) is 291 Å². The van der Waals surface area contributed by atoms with E-state index in [0.717, 1.165) is 34.6 Å². The fourth-order valence-corrected chi connectivity index (χ4v) is 11.1. The van der Waals surface area contributed by atoms with Gasteiger partial charge in [-0.15, -0.1) is 0 Å². The first-order chi connectivity index (χ1) is 50.6. The molecule has 7 nitrogen and oxygen atoms in total. The molecule has 0 atom stereocenters. The van der Waals surface area contributed by atoms with Crippen LogP contribution >= 0.6 is 0 Å². The van der Waals surface area contributed by atoms with E-state index in [1.165, 1.54) is 67.3 Å². The summed E-state index contributed by atoms with van der Waals surface area (Å²) in [6.45, 7) is 81.8. The number of Topliss-reactive ketones (excluding diaryl/α,β-unsaturated/α-hetero) is 1. The molecule has 0 N–H and O–H groups in total. The van der Waals surface area contributed by atoms with Crippen molar-refractivity contribution in [2.24, 2.45) is 5.41 Å². The van der Waals surface area contributed by atoms with Crippen LogP contribution in [0.2, 0.25) is 0 Å². The molecule has 0 aromatic heterocycles. The molecule has 9 aromatic rings. The number of nitrogens with zero attached hydrogens (tertiary/aromatic N) is 2. The Bertz CT molecular complexity index is 4100. The molecule has 1 heterocycles. The van der Waals surface area contributed by atoms with Crippen LogP contribution in [0.4, 0.5) is 15.8 Å². The van der Waals surface area contributed by atoms with E-state index in [-0.39, 0.29) is 70.9 Å². The zero-order valence-electron chi connectivity index (χ0n) is 75.1. The summed E-state index contributed by atoms with van der Waals surface area (Å²) in [4.78, 5) is 24.3. The summed E-state index contributed by atoms with van der Waals surface area (Å²) in [7, 11) is 0. The highest BCUT2D eigenvalue weighted by molar-refractivity contribution is 5.94. The molecular formula is C103H143FN2O5. The van der Waals surface area contributed by atoms with E-state index < -0.39 is 0 Å². The summed E-state index contributed by atoms with van der Waals surface area (Å²) >= 11 is 0. The average molecular weight is 1510 g/mol. The van der Waals surface area contributed by atoms with Crippen molar-refractivity contribution >= 4 is 17.2 Å². The van der Waals surface area contributed by atoms with Gasteiger partial charge in [-0.05, 0) is 174 Å². The van der Waals surface area contributed by atoms with Gasteiger partial charge in [0.2, 0.25) is 0 Å². The number of nitro benzene ring substituents is 1. The van der Waals surface area contributed by atoms with Crippen molar-refractivity contribution in [3.8, 4) is 11.5 Å². The first-order valence-corrected chi connectivity index (χ1v) is 39.4. The van der Waals surface area contributed by atoms with Crippen molar-refractivity contribution in [3.05, 3.63) is 318 Å². The van der Waals surface area contributed by atoms with Crippen LogP contribution in [0.25, 0.3) is 4.85 Å². The molecule has 602 valence electrons. The van der Waals surface area contributed by atoms with E-state index in [0.29, 0.717) is 24.3 Å². The number of aryl methyl sites for hydroxylation is 3. The highest BCUT2D eigenvalue weighted by atomic mass is 19.1. The van der Waals surface area contributed by atoms with Crippen LogP contribution < -0.4 is 9.47 Å². The highest BCUT2D eigenvalue weighted by Gasteiger charge is 2.22. The average Bonchev–Trinajstić information content (AvgIpc) is 0.835. The number of ketones is 1. The number of hydrogen-bond acceptors (Lipinski definition) is 5. The van der Waals surface area contributed by atoms with Crippen LogP contribution in [0.3, 0.4) is 0 Å². The maximum atomic E-state index is 12.7. The van der Waals surface area contributed by atoms with Crippen LogP contribution in [0.5, 0.6) is 11.5 Å². The van der Waals surface area contributed by atoms with Crippen LogP contribution in [-0.4, -0.2) is 23.9 Å². The molecule has 10 rings (SSSR count). The number of halogens is 1. The SMILES string of the molecule is CC(=O)c1ccc(C(C)(C)C)cc1.CC(C)(C)Cc1ccccc1.CC(C)(C)c1ccc(C(C)(C)C)cc1.CC(C)(C)c1ccc([N+](=O)[O-])cc1.CC(C)(C)c1ccc2c(c1)OCCO2.Cc1cc(F)ccc1C(C)(C)C.Cc1ccc(C(C)(C)C)cc1.Cc1ccc(C(C)(C)C)cc1.[C-]#[N+]c1ccc(C(C)(C)C)cc1. The van der Waals surface area contributed by atoms with Crippen LogP contribution in [-0.2, 0) is 55.2 Å². The fourth-order valence-electron chi connectivity index (χ4n) is 11.1. The van der Waals surface area contributed by atoms with Gasteiger partial charge in [-0.1, -0.05) is 395 Å². The fraction of sp³-hybridized carbons (Fsp3) is 0.456. The first-order valence-electron chi connectivity index (χ1n) is 39.4. The largest absolute Gasteiger partial charge is 0.486 e. The standard InChI is InChI=1S/C14H22.C12H16O2.C12H16O.C11H15F.C11H13N.3C11H16.C10H13NO2/c1-13(2,3)11-7-9-12(10-8-11)14(4,5)6;1-12(2,3)9-4-5-10-11(8-9)14-7-6-13-10;1-9(13)10-5-7-11(8-6-10)12(2,3)4;1-8-7-9(12)5-6-10(8)11(2,3)4;1-11(2,3)9-5-7-10(12-4)8-6-9;2*1-9-5-7-10(8-6-9)11(2,3)4;1-11(2,3)9-10-7-5-4-6-8-10;1-10(2,3)8-4-6-9(7-5-8)11(12)13/h7-10H,1-6H3;4-5,8H,6-7H2,1-3H3;5-8H,1-4H3;5-7H,1-4H3;5-8H,1-3H3;2*5-8H,1-4H3;4-8H,9H2,1-3H3;4-7H,1-3H3. The molecule has 0 amide bonds. The van der Waals surface area contributed by atoms with E-state index in [4.69, 9.17) is 16.0 Å². The molecule has 0 saturated heterocycles. The smallest absolute Gasteiger partial charge is 0.269 e. The normalized spacial score (nSPS) is 12.1. The lowest BCUT2D eigenvalue weighted by molar-refractivity contribution is -0.384. The molecule has 111 heavy (non-hydrogen) atoms. The Morgan fingerprint density at radius 2 is 0.694 bits per heavy atom. The third kappa shape index (κ3) is 38.2. The molecule has 0 spiro atoms. The summed E-state index contributed by atoms with van der Waals surface area (Å²) in [6, 6.07) is 70.6. The highest BCUT2D eigenvalue weighted by Crippen LogP contribution is 2.36. The lowest BCUT2D eigenvalue weighted by Crippen LogP contribution is -2.17. The summed E-state index contributed by atoms with van der Waals surface area (Å²) in [5.41, 5.74) is 20.7. The van der Waals surface area contributed by atoms with Crippen LogP contribution in [0, 0.1) is 48.7 Å². The van der Waals surface area contributed by atoms with Gasteiger partial charge in [0.25, 0.3) is 5.69 Å². The summed E-state index contributed by atoms with van der Waals surface area (Å²) in [5, 5.41) is 10.4. The minimum absolute atomic E-state index is 0.0507. The minimum Gasteiger partial charge on any atom is -0.486 e. The number of carbonyl (C=O) groups excluding carboxylic acids is 1. The van der Waals surface area contributed by atoms with E-state index in [1.54, 1.807) is 37.3 Å². The molecule has 0 unspecified atom stereocenters. The zero-order valence-corrected chi connectivity index (χ0v) is 75.1. The quantitative estimate of drug-likeness (QED) is 0.0762. The third-order valence-corrected chi connectivity index (χ3v) is 18.4. The minimum atomic E-state index is -0.383. The monoisotopic (exact) mass is 1510 g/mol. The molecule has 1 aliphatic rings. The van der Waals surface area contributed by atoms with Gasteiger partial charge in [0, 0.05) is 17.7 Å². The van der Waals surface area contributed by atoms with Crippen molar-refractivity contribution < 1.29 is 23.6 Å². The Morgan fingerprint density at radius 1 is 0.387 bits per heavy atom. The Hall–Kier alpha value is -8.93. The molecule has 8 heteroatoms. The molecule has 1 aliphatic heterocycles. The Balaban J connectivity index is 0.000000424. The number of non-ortho nitro benzene ring substituents is 1. The number of ether oxygens (including phenoxy) is 2. The van der Waals surface area contributed by atoms with Crippen LogP contribution in [0.1, 0.15) is 297 Å². The lowest BCUT2D eigenvalue weighted by Gasteiger charge is -2.23. The second kappa shape index (κ2) is 42.1. The molecule has 0 aliphatic carbocycles. The van der Waals surface area contributed by atoms with Crippen LogP contribution in [0.15, 0.2) is 212 Å². The number of hydrogen-bond donors (Lipinski definition) is 0. The summed E-state index contributed by atoms with van der Waals surface area (Å²) in [6.07, 6.45) is 1.16. The van der Waals surface area contributed by atoms with E-state index >= 15 is 0 Å². The number of nitro groups is 1.